The number of hydrogen-bond acceptors (Lipinski definition) is 5. The topological polar surface area (TPSA) is 92.2 Å². The van der Waals surface area contributed by atoms with E-state index in [1.165, 1.54) is 6.07 Å². The van der Waals surface area contributed by atoms with Crippen molar-refractivity contribution in [2.45, 2.75) is 26.1 Å². The molecule has 1 aliphatic rings. The fourth-order valence-electron chi connectivity index (χ4n) is 3.47. The second kappa shape index (κ2) is 7.92. The maximum Gasteiger partial charge on any atom is 0.264 e. The first-order valence-electron chi connectivity index (χ1n) is 9.54. The highest BCUT2D eigenvalue weighted by Gasteiger charge is 2.23. The predicted molar refractivity (Wildman–Crippen MR) is 111 cm³/mol. The zero-order chi connectivity index (χ0) is 20.4. The molecule has 1 aliphatic heterocycles. The van der Waals surface area contributed by atoms with Gasteiger partial charge in [0.05, 0.1) is 23.5 Å². The Kier molecular flexibility index (Phi) is 5.18. The molecule has 0 saturated carbocycles. The Hall–Kier alpha value is -3.39. The molecular formula is C21H23N5O3. The minimum Gasteiger partial charge on any atom is -0.372 e. The monoisotopic (exact) mass is 393 g/mol. The SMILES string of the molecule is CC1CN(c2ccc(C(=O)Nc3ccc(-n4ccc(=O)[nH]4)cc3)cn2)CC(C)O1. The number of benzene rings is 1. The molecule has 29 heavy (non-hydrogen) atoms. The molecule has 150 valence electrons. The highest BCUT2D eigenvalue weighted by molar-refractivity contribution is 6.04. The number of aromatic nitrogens is 3. The first-order chi connectivity index (χ1) is 14.0. The van der Waals surface area contributed by atoms with Gasteiger partial charge in [-0.05, 0) is 50.2 Å². The summed E-state index contributed by atoms with van der Waals surface area (Å²) in [5, 5.41) is 5.53. The van der Waals surface area contributed by atoms with E-state index in [1.54, 1.807) is 35.3 Å². The van der Waals surface area contributed by atoms with Crippen LogP contribution >= 0.6 is 0 Å². The Balaban J connectivity index is 1.41. The number of morpholine rings is 1. The summed E-state index contributed by atoms with van der Waals surface area (Å²) in [4.78, 5) is 30.4. The highest BCUT2D eigenvalue weighted by Crippen LogP contribution is 2.19. The van der Waals surface area contributed by atoms with Gasteiger partial charge >= 0.3 is 0 Å². The molecular weight excluding hydrogens is 370 g/mol. The third-order valence-electron chi connectivity index (χ3n) is 4.76. The van der Waals surface area contributed by atoms with E-state index in [0.29, 0.717) is 11.3 Å². The van der Waals surface area contributed by atoms with Gasteiger partial charge in [-0.25, -0.2) is 4.98 Å². The number of carbonyl (C=O) groups excluding carboxylic acids is 1. The van der Waals surface area contributed by atoms with E-state index < -0.39 is 0 Å². The number of aromatic amines is 1. The van der Waals surface area contributed by atoms with Crippen LogP contribution in [0, 0.1) is 0 Å². The Morgan fingerprint density at radius 1 is 1.10 bits per heavy atom. The fraction of sp³-hybridized carbons (Fsp3) is 0.286. The molecule has 1 aromatic carbocycles. The number of hydrogen-bond donors (Lipinski definition) is 2. The number of nitrogens with one attached hydrogen (secondary N) is 2. The maximum absolute atomic E-state index is 12.5. The Morgan fingerprint density at radius 2 is 1.83 bits per heavy atom. The van der Waals surface area contributed by atoms with Crippen molar-refractivity contribution < 1.29 is 9.53 Å². The molecule has 0 spiro atoms. The van der Waals surface area contributed by atoms with Crippen LogP contribution in [0.2, 0.25) is 0 Å². The van der Waals surface area contributed by atoms with Crippen LogP contribution < -0.4 is 15.8 Å². The number of anilines is 2. The lowest BCUT2D eigenvalue weighted by atomic mass is 10.2. The van der Waals surface area contributed by atoms with E-state index in [-0.39, 0.29) is 23.7 Å². The van der Waals surface area contributed by atoms with E-state index in [9.17, 15) is 9.59 Å². The van der Waals surface area contributed by atoms with Gasteiger partial charge in [-0.15, -0.1) is 0 Å². The summed E-state index contributed by atoms with van der Waals surface area (Å²) in [5.41, 5.74) is 1.78. The number of carbonyl (C=O) groups is 1. The van der Waals surface area contributed by atoms with Crippen LogP contribution in [0.5, 0.6) is 0 Å². The number of nitrogens with zero attached hydrogens (tertiary/aromatic N) is 3. The Labute approximate surface area is 168 Å². The summed E-state index contributed by atoms with van der Waals surface area (Å²) in [6.07, 6.45) is 3.54. The molecule has 2 N–H and O–H groups in total. The molecule has 8 nitrogen and oxygen atoms in total. The lowest BCUT2D eigenvalue weighted by Crippen LogP contribution is -2.45. The molecule has 8 heteroatoms. The lowest BCUT2D eigenvalue weighted by molar-refractivity contribution is -0.00546. The Morgan fingerprint density at radius 3 is 2.41 bits per heavy atom. The van der Waals surface area contributed by atoms with Crippen LogP contribution in [-0.4, -0.2) is 46.0 Å². The molecule has 1 amide bonds. The third kappa shape index (κ3) is 4.38. The van der Waals surface area contributed by atoms with Crippen molar-refractivity contribution in [3.63, 3.8) is 0 Å². The highest BCUT2D eigenvalue weighted by atomic mass is 16.5. The summed E-state index contributed by atoms with van der Waals surface area (Å²) < 4.78 is 7.37. The quantitative estimate of drug-likeness (QED) is 0.710. The molecule has 4 rings (SSSR count). The summed E-state index contributed by atoms with van der Waals surface area (Å²) in [5.74, 6) is 0.614. The third-order valence-corrected chi connectivity index (χ3v) is 4.76. The molecule has 0 radical (unpaired) electrons. The van der Waals surface area contributed by atoms with Gasteiger partial charge in [0.1, 0.15) is 5.82 Å². The summed E-state index contributed by atoms with van der Waals surface area (Å²) in [6, 6.07) is 12.3. The van der Waals surface area contributed by atoms with Gasteiger partial charge in [-0.2, -0.15) is 0 Å². The van der Waals surface area contributed by atoms with Crippen LogP contribution in [0.3, 0.4) is 0 Å². The van der Waals surface area contributed by atoms with Crippen molar-refractivity contribution in [3.05, 3.63) is 70.8 Å². The van der Waals surface area contributed by atoms with Crippen LogP contribution in [0.15, 0.2) is 59.7 Å². The molecule has 2 aromatic heterocycles. The normalized spacial score (nSPS) is 19.2. The Bertz CT molecular complexity index is 1030. The number of ether oxygens (including phenoxy) is 1. The van der Waals surface area contributed by atoms with E-state index in [1.807, 2.05) is 32.0 Å². The second-order valence-corrected chi connectivity index (χ2v) is 7.23. The molecule has 0 aliphatic carbocycles. The fourth-order valence-corrected chi connectivity index (χ4v) is 3.47. The lowest BCUT2D eigenvalue weighted by Gasteiger charge is -2.36. The molecule has 3 heterocycles. The summed E-state index contributed by atoms with van der Waals surface area (Å²) in [7, 11) is 0. The summed E-state index contributed by atoms with van der Waals surface area (Å²) >= 11 is 0. The van der Waals surface area contributed by atoms with Crippen molar-refractivity contribution in [3.8, 4) is 5.69 Å². The number of H-pyrrole nitrogens is 1. The van der Waals surface area contributed by atoms with E-state index in [0.717, 1.165) is 24.6 Å². The molecule has 2 atom stereocenters. The van der Waals surface area contributed by atoms with Crippen LogP contribution in [0.1, 0.15) is 24.2 Å². The van der Waals surface area contributed by atoms with Gasteiger partial charge in [-0.3, -0.25) is 19.4 Å². The van der Waals surface area contributed by atoms with Crippen LogP contribution in [-0.2, 0) is 4.74 Å². The minimum atomic E-state index is -0.227. The predicted octanol–water partition coefficient (Wildman–Crippen LogP) is 2.43. The zero-order valence-corrected chi connectivity index (χ0v) is 16.3. The van der Waals surface area contributed by atoms with Crippen molar-refractivity contribution in [2.24, 2.45) is 0 Å². The van der Waals surface area contributed by atoms with E-state index in [4.69, 9.17) is 4.74 Å². The maximum atomic E-state index is 12.5. The first kappa shape index (κ1) is 18.9. The number of pyridine rings is 1. The van der Waals surface area contributed by atoms with Gasteiger partial charge in [0.15, 0.2) is 0 Å². The van der Waals surface area contributed by atoms with Crippen LogP contribution in [0.25, 0.3) is 5.69 Å². The van der Waals surface area contributed by atoms with Gasteiger partial charge in [0.25, 0.3) is 11.5 Å². The van der Waals surface area contributed by atoms with E-state index >= 15 is 0 Å². The standard InChI is InChI=1S/C21H23N5O3/c1-14-12-25(13-15(2)29-14)19-8-3-16(11-22-19)21(28)23-17-4-6-18(7-5-17)26-10-9-20(27)24-26/h3-11,14-15H,12-13H2,1-2H3,(H,23,28)(H,24,27). The second-order valence-electron chi connectivity index (χ2n) is 7.23. The summed E-state index contributed by atoms with van der Waals surface area (Å²) in [6.45, 7) is 5.65. The largest absolute Gasteiger partial charge is 0.372 e. The van der Waals surface area contributed by atoms with Gasteiger partial charge < -0.3 is 15.0 Å². The number of rotatable bonds is 4. The molecule has 3 aromatic rings. The van der Waals surface area contributed by atoms with Crippen molar-refractivity contribution in [2.75, 3.05) is 23.3 Å². The minimum absolute atomic E-state index is 0.149. The average Bonchev–Trinajstić information content (AvgIpc) is 3.14. The first-order valence-corrected chi connectivity index (χ1v) is 9.54. The van der Waals surface area contributed by atoms with Gasteiger partial charge in [-0.1, -0.05) is 0 Å². The zero-order valence-electron chi connectivity index (χ0n) is 16.3. The smallest absolute Gasteiger partial charge is 0.264 e. The number of amides is 1. The molecule has 1 fully saturated rings. The molecule has 2 unspecified atom stereocenters. The molecule has 1 saturated heterocycles. The van der Waals surface area contributed by atoms with Crippen molar-refractivity contribution in [1.29, 1.82) is 0 Å². The van der Waals surface area contributed by atoms with Gasteiger partial charge in [0.2, 0.25) is 0 Å². The van der Waals surface area contributed by atoms with Crippen LogP contribution in [0.4, 0.5) is 11.5 Å². The van der Waals surface area contributed by atoms with Crippen molar-refractivity contribution >= 4 is 17.4 Å². The van der Waals surface area contributed by atoms with Gasteiger partial charge in [0, 0.05) is 37.2 Å². The van der Waals surface area contributed by atoms with E-state index in [2.05, 4.69) is 20.3 Å². The average molecular weight is 393 g/mol. The molecule has 0 bridgehead atoms. The van der Waals surface area contributed by atoms with Crippen molar-refractivity contribution in [1.82, 2.24) is 14.8 Å².